The number of piperidine rings is 1. The summed E-state index contributed by atoms with van der Waals surface area (Å²) in [6.07, 6.45) is 6.53. The van der Waals surface area contributed by atoms with Crippen LogP contribution < -0.4 is 10.2 Å². The van der Waals surface area contributed by atoms with Gasteiger partial charge in [0.05, 0.1) is 18.8 Å². The number of hydrogen-bond acceptors (Lipinski definition) is 5. The smallest absolute Gasteiger partial charge is 0.253 e. The molecule has 2 aliphatic heterocycles. The van der Waals surface area contributed by atoms with E-state index in [9.17, 15) is 4.79 Å². The molecule has 1 aliphatic carbocycles. The number of amides is 1. The van der Waals surface area contributed by atoms with Crippen LogP contribution in [0.4, 0.5) is 5.82 Å². The number of nitrogens with one attached hydrogen (secondary N) is 1. The fourth-order valence-corrected chi connectivity index (χ4v) is 3.62. The standard InChI is InChI=1S/C18H26N4O2/c23-18(20-15-5-7-21(8-6-15)16-2-3-16)14-1-4-17(19-13-14)22-9-11-24-12-10-22/h1,4,13,15-16H,2-3,5-12H2,(H,20,23). The molecule has 0 atom stereocenters. The predicted octanol–water partition coefficient (Wildman–Crippen LogP) is 1.27. The van der Waals surface area contributed by atoms with E-state index in [1.165, 1.54) is 12.8 Å². The Morgan fingerprint density at radius 2 is 1.83 bits per heavy atom. The van der Waals surface area contributed by atoms with Gasteiger partial charge in [0.2, 0.25) is 0 Å². The van der Waals surface area contributed by atoms with E-state index in [0.29, 0.717) is 11.6 Å². The molecule has 1 aromatic heterocycles. The van der Waals surface area contributed by atoms with Crippen molar-refractivity contribution in [2.24, 2.45) is 0 Å². The number of pyridine rings is 1. The van der Waals surface area contributed by atoms with Crippen molar-refractivity contribution in [2.45, 2.75) is 37.8 Å². The second-order valence-corrected chi connectivity index (χ2v) is 7.02. The lowest BCUT2D eigenvalue weighted by Gasteiger charge is -2.32. The maximum atomic E-state index is 12.4. The van der Waals surface area contributed by atoms with Crippen molar-refractivity contribution < 1.29 is 9.53 Å². The zero-order valence-corrected chi connectivity index (χ0v) is 14.1. The zero-order chi connectivity index (χ0) is 16.4. The lowest BCUT2D eigenvalue weighted by molar-refractivity contribution is 0.0908. The van der Waals surface area contributed by atoms with Crippen molar-refractivity contribution >= 4 is 11.7 Å². The van der Waals surface area contributed by atoms with Crippen LogP contribution in [0.25, 0.3) is 0 Å². The van der Waals surface area contributed by atoms with Gasteiger partial charge in [-0.1, -0.05) is 0 Å². The molecule has 0 aromatic carbocycles. The average molecular weight is 330 g/mol. The number of rotatable bonds is 4. The Labute approximate surface area is 143 Å². The van der Waals surface area contributed by atoms with Crippen LogP contribution in [0, 0.1) is 0 Å². The first-order valence-corrected chi connectivity index (χ1v) is 9.13. The van der Waals surface area contributed by atoms with Gasteiger partial charge in [-0.3, -0.25) is 4.79 Å². The second-order valence-electron chi connectivity index (χ2n) is 7.02. The first-order valence-electron chi connectivity index (χ1n) is 9.13. The van der Waals surface area contributed by atoms with E-state index in [4.69, 9.17) is 4.74 Å². The molecule has 1 aromatic rings. The molecule has 24 heavy (non-hydrogen) atoms. The SMILES string of the molecule is O=C(NC1CCN(C2CC2)CC1)c1ccc(N2CCOCC2)nc1. The number of ether oxygens (including phenoxy) is 1. The normalized spacial score (nSPS) is 23.2. The maximum absolute atomic E-state index is 12.4. The topological polar surface area (TPSA) is 57.7 Å². The highest BCUT2D eigenvalue weighted by atomic mass is 16.5. The van der Waals surface area contributed by atoms with Crippen molar-refractivity contribution in [3.63, 3.8) is 0 Å². The molecule has 0 bridgehead atoms. The predicted molar refractivity (Wildman–Crippen MR) is 92.4 cm³/mol. The summed E-state index contributed by atoms with van der Waals surface area (Å²) in [7, 11) is 0. The Hall–Kier alpha value is -1.66. The van der Waals surface area contributed by atoms with Crippen molar-refractivity contribution in [1.29, 1.82) is 0 Å². The number of morpholine rings is 1. The molecular formula is C18H26N4O2. The van der Waals surface area contributed by atoms with Gasteiger partial charge in [0.15, 0.2) is 0 Å². The van der Waals surface area contributed by atoms with Crippen molar-refractivity contribution in [3.05, 3.63) is 23.9 Å². The third-order valence-corrected chi connectivity index (χ3v) is 5.27. The van der Waals surface area contributed by atoms with Crippen LogP contribution in [0.3, 0.4) is 0 Å². The van der Waals surface area contributed by atoms with Gasteiger partial charge in [-0.05, 0) is 37.8 Å². The third kappa shape index (κ3) is 3.70. The molecule has 0 spiro atoms. The van der Waals surface area contributed by atoms with Crippen LogP contribution in [-0.2, 0) is 4.74 Å². The summed E-state index contributed by atoms with van der Waals surface area (Å²) in [6, 6.07) is 4.95. The third-order valence-electron chi connectivity index (χ3n) is 5.27. The van der Waals surface area contributed by atoms with Crippen LogP contribution in [0.15, 0.2) is 18.3 Å². The van der Waals surface area contributed by atoms with Crippen LogP contribution in [-0.4, -0.2) is 67.3 Å². The molecule has 130 valence electrons. The van der Waals surface area contributed by atoms with E-state index in [1.807, 2.05) is 12.1 Å². The lowest BCUT2D eigenvalue weighted by atomic mass is 10.0. The van der Waals surface area contributed by atoms with Gasteiger partial charge in [0.25, 0.3) is 5.91 Å². The zero-order valence-electron chi connectivity index (χ0n) is 14.1. The van der Waals surface area contributed by atoms with E-state index in [2.05, 4.69) is 20.1 Å². The lowest BCUT2D eigenvalue weighted by Crippen LogP contribution is -2.45. The fraction of sp³-hybridized carbons (Fsp3) is 0.667. The Morgan fingerprint density at radius 3 is 2.46 bits per heavy atom. The summed E-state index contributed by atoms with van der Waals surface area (Å²) in [6.45, 7) is 5.43. The summed E-state index contributed by atoms with van der Waals surface area (Å²) in [5.74, 6) is 0.925. The van der Waals surface area contributed by atoms with Gasteiger partial charge >= 0.3 is 0 Å². The number of likely N-dealkylation sites (tertiary alicyclic amines) is 1. The quantitative estimate of drug-likeness (QED) is 0.901. The van der Waals surface area contributed by atoms with Crippen LogP contribution in [0.2, 0.25) is 0 Å². The Morgan fingerprint density at radius 1 is 1.08 bits per heavy atom. The Balaban J connectivity index is 1.29. The number of anilines is 1. The molecule has 1 saturated carbocycles. The van der Waals surface area contributed by atoms with Crippen molar-refractivity contribution in [2.75, 3.05) is 44.3 Å². The largest absolute Gasteiger partial charge is 0.378 e. The number of carbonyl (C=O) groups is 1. The fourth-order valence-electron chi connectivity index (χ4n) is 3.62. The Kier molecular flexibility index (Phi) is 4.67. The molecule has 3 heterocycles. The van der Waals surface area contributed by atoms with Crippen LogP contribution >= 0.6 is 0 Å². The van der Waals surface area contributed by atoms with Gasteiger partial charge in [-0.15, -0.1) is 0 Å². The van der Waals surface area contributed by atoms with E-state index < -0.39 is 0 Å². The molecule has 1 amide bonds. The number of hydrogen-bond donors (Lipinski definition) is 1. The minimum atomic E-state index is 0.000833. The number of nitrogens with zero attached hydrogens (tertiary/aromatic N) is 3. The molecule has 3 fully saturated rings. The molecule has 2 saturated heterocycles. The van der Waals surface area contributed by atoms with Gasteiger partial charge < -0.3 is 19.9 Å². The summed E-state index contributed by atoms with van der Waals surface area (Å²) >= 11 is 0. The van der Waals surface area contributed by atoms with E-state index >= 15 is 0 Å². The van der Waals surface area contributed by atoms with Crippen LogP contribution in [0.1, 0.15) is 36.0 Å². The molecule has 6 heteroatoms. The molecule has 6 nitrogen and oxygen atoms in total. The van der Waals surface area contributed by atoms with Gasteiger partial charge in [-0.2, -0.15) is 0 Å². The first kappa shape index (κ1) is 15.8. The van der Waals surface area contributed by atoms with Crippen molar-refractivity contribution in [1.82, 2.24) is 15.2 Å². The molecule has 3 aliphatic rings. The highest BCUT2D eigenvalue weighted by Gasteiger charge is 2.32. The van der Waals surface area contributed by atoms with Gasteiger partial charge in [-0.25, -0.2) is 4.98 Å². The molecular weight excluding hydrogens is 304 g/mol. The van der Waals surface area contributed by atoms with E-state index in [-0.39, 0.29) is 5.91 Å². The minimum absolute atomic E-state index is 0.000833. The monoisotopic (exact) mass is 330 g/mol. The highest BCUT2D eigenvalue weighted by molar-refractivity contribution is 5.94. The summed E-state index contributed by atoms with van der Waals surface area (Å²) in [4.78, 5) is 21.7. The molecule has 0 radical (unpaired) electrons. The van der Waals surface area contributed by atoms with Gasteiger partial charge in [0, 0.05) is 44.5 Å². The van der Waals surface area contributed by atoms with E-state index in [1.54, 1.807) is 6.20 Å². The molecule has 4 rings (SSSR count). The van der Waals surface area contributed by atoms with Crippen molar-refractivity contribution in [3.8, 4) is 0 Å². The van der Waals surface area contributed by atoms with E-state index in [0.717, 1.165) is 64.1 Å². The first-order chi connectivity index (χ1) is 11.8. The average Bonchev–Trinajstić information content (AvgIpc) is 3.48. The van der Waals surface area contributed by atoms with Crippen LogP contribution in [0.5, 0.6) is 0 Å². The minimum Gasteiger partial charge on any atom is -0.378 e. The molecule has 0 unspecified atom stereocenters. The highest BCUT2D eigenvalue weighted by Crippen LogP contribution is 2.29. The second kappa shape index (κ2) is 7.07. The summed E-state index contributed by atoms with van der Waals surface area (Å²) in [5, 5.41) is 3.17. The summed E-state index contributed by atoms with van der Waals surface area (Å²) < 4.78 is 5.36. The molecule has 1 N–H and O–H groups in total. The maximum Gasteiger partial charge on any atom is 0.253 e. The number of aromatic nitrogens is 1. The van der Waals surface area contributed by atoms with Gasteiger partial charge in [0.1, 0.15) is 5.82 Å². The summed E-state index contributed by atoms with van der Waals surface area (Å²) in [5.41, 5.74) is 0.650. The number of carbonyl (C=O) groups excluding carboxylic acids is 1. The Bertz CT molecular complexity index is 559.